The number of rotatable bonds is 3. The van der Waals surface area contributed by atoms with E-state index in [4.69, 9.17) is 11.5 Å². The van der Waals surface area contributed by atoms with E-state index in [0.717, 1.165) is 30.1 Å². The van der Waals surface area contributed by atoms with Crippen LogP contribution in [0.5, 0.6) is 0 Å². The lowest BCUT2D eigenvalue weighted by Crippen LogP contribution is -2.20. The van der Waals surface area contributed by atoms with Gasteiger partial charge in [0.1, 0.15) is 0 Å². The molecule has 1 fully saturated rings. The van der Waals surface area contributed by atoms with Crippen molar-refractivity contribution in [3.63, 3.8) is 0 Å². The summed E-state index contributed by atoms with van der Waals surface area (Å²) in [6.45, 7) is 2.26. The lowest BCUT2D eigenvalue weighted by Gasteiger charge is -2.28. The fraction of sp³-hybridized carbons (Fsp3) is 0.533. The van der Waals surface area contributed by atoms with Crippen molar-refractivity contribution < 1.29 is 0 Å². The van der Waals surface area contributed by atoms with Gasteiger partial charge in [0.15, 0.2) is 5.82 Å². The molecule has 6 nitrogen and oxygen atoms in total. The predicted octanol–water partition coefficient (Wildman–Crippen LogP) is 2.65. The maximum absolute atomic E-state index is 5.88. The molecule has 4 N–H and O–H groups in total. The highest BCUT2D eigenvalue weighted by Crippen LogP contribution is 2.35. The van der Waals surface area contributed by atoms with Gasteiger partial charge in [0.2, 0.25) is 0 Å². The predicted molar refractivity (Wildman–Crippen MR) is 83.4 cm³/mol. The van der Waals surface area contributed by atoms with Crippen LogP contribution >= 0.6 is 0 Å². The van der Waals surface area contributed by atoms with Gasteiger partial charge >= 0.3 is 0 Å². The number of benzene rings is 1. The number of hydrogen-bond acceptors (Lipinski definition) is 5. The van der Waals surface area contributed by atoms with Crippen LogP contribution in [-0.2, 0) is 0 Å². The van der Waals surface area contributed by atoms with Crippen LogP contribution in [0.15, 0.2) is 18.2 Å². The normalized spacial score (nSPS) is 22.3. The molecule has 1 saturated carbocycles. The number of hydrogen-bond donors (Lipinski definition) is 2. The third-order valence-corrected chi connectivity index (χ3v) is 4.41. The van der Waals surface area contributed by atoms with E-state index in [1.165, 1.54) is 19.3 Å². The Morgan fingerprint density at radius 2 is 1.95 bits per heavy atom. The summed E-state index contributed by atoms with van der Waals surface area (Å²) in [4.78, 5) is 0. The number of nitrogen functional groups attached to an aromatic ring is 2. The van der Waals surface area contributed by atoms with Crippen molar-refractivity contribution in [2.24, 2.45) is 5.92 Å². The van der Waals surface area contributed by atoms with Gasteiger partial charge in [-0.05, 0) is 47.4 Å². The van der Waals surface area contributed by atoms with Gasteiger partial charge in [-0.25, -0.2) is 4.68 Å². The van der Waals surface area contributed by atoms with Gasteiger partial charge in [0.05, 0.1) is 6.04 Å². The average molecular weight is 286 g/mol. The van der Waals surface area contributed by atoms with Crippen molar-refractivity contribution in [2.45, 2.75) is 45.1 Å². The average Bonchev–Trinajstić information content (AvgIpc) is 2.96. The van der Waals surface area contributed by atoms with Crippen LogP contribution in [0.4, 0.5) is 11.4 Å². The first-order valence-corrected chi connectivity index (χ1v) is 7.61. The van der Waals surface area contributed by atoms with Crippen molar-refractivity contribution in [3.8, 4) is 11.4 Å². The Morgan fingerprint density at radius 1 is 1.19 bits per heavy atom. The summed E-state index contributed by atoms with van der Waals surface area (Å²) < 4.78 is 1.95. The quantitative estimate of drug-likeness (QED) is 0.846. The molecule has 1 aliphatic carbocycles. The van der Waals surface area contributed by atoms with Crippen LogP contribution in [0.1, 0.15) is 45.1 Å². The smallest absolute Gasteiger partial charge is 0.182 e. The minimum Gasteiger partial charge on any atom is -0.399 e. The first-order chi connectivity index (χ1) is 10.2. The van der Waals surface area contributed by atoms with E-state index < -0.39 is 0 Å². The van der Waals surface area contributed by atoms with Gasteiger partial charge in [0, 0.05) is 16.9 Å². The largest absolute Gasteiger partial charge is 0.399 e. The Labute approximate surface area is 124 Å². The van der Waals surface area contributed by atoms with Gasteiger partial charge < -0.3 is 11.5 Å². The topological polar surface area (TPSA) is 95.6 Å². The molecule has 2 aromatic rings. The molecule has 0 saturated heterocycles. The second-order valence-electron chi connectivity index (χ2n) is 5.93. The van der Waals surface area contributed by atoms with Gasteiger partial charge in [-0.3, -0.25) is 0 Å². The first kappa shape index (κ1) is 13.9. The molecule has 1 aromatic heterocycles. The molecule has 0 radical (unpaired) electrons. The fourth-order valence-corrected chi connectivity index (χ4v) is 3.29. The van der Waals surface area contributed by atoms with Gasteiger partial charge in [-0.2, -0.15) is 0 Å². The molecule has 3 rings (SSSR count). The third-order valence-electron chi connectivity index (χ3n) is 4.41. The molecular weight excluding hydrogens is 264 g/mol. The van der Waals surface area contributed by atoms with E-state index >= 15 is 0 Å². The Kier molecular flexibility index (Phi) is 3.77. The van der Waals surface area contributed by atoms with Gasteiger partial charge in [-0.1, -0.05) is 26.2 Å². The van der Waals surface area contributed by atoms with E-state index in [9.17, 15) is 0 Å². The second kappa shape index (κ2) is 5.71. The number of nitrogens with two attached hydrogens (primary N) is 2. The van der Waals surface area contributed by atoms with Crippen molar-refractivity contribution in [3.05, 3.63) is 18.2 Å². The van der Waals surface area contributed by atoms with E-state index in [2.05, 4.69) is 22.4 Å². The number of nitrogens with zero attached hydrogens (tertiary/aromatic N) is 4. The summed E-state index contributed by atoms with van der Waals surface area (Å²) >= 11 is 0. The molecule has 1 aromatic carbocycles. The Hall–Kier alpha value is -2.11. The molecule has 0 aliphatic heterocycles. The van der Waals surface area contributed by atoms with Crippen molar-refractivity contribution in [1.29, 1.82) is 0 Å². The Bertz CT molecular complexity index is 600. The van der Waals surface area contributed by atoms with Crippen LogP contribution in [0.2, 0.25) is 0 Å². The third kappa shape index (κ3) is 2.84. The Balaban J connectivity index is 1.93. The van der Waals surface area contributed by atoms with Crippen LogP contribution in [0.25, 0.3) is 11.4 Å². The number of tetrazole rings is 1. The molecule has 0 amide bonds. The van der Waals surface area contributed by atoms with E-state index in [-0.39, 0.29) is 0 Å². The second-order valence-corrected chi connectivity index (χ2v) is 5.93. The molecule has 21 heavy (non-hydrogen) atoms. The SMILES string of the molecule is CCC1CCCC(n2nnnc2-c2cc(N)cc(N)c2)C1. The zero-order valence-corrected chi connectivity index (χ0v) is 12.4. The zero-order chi connectivity index (χ0) is 14.8. The zero-order valence-electron chi connectivity index (χ0n) is 12.4. The van der Waals surface area contributed by atoms with E-state index in [1.807, 2.05) is 16.8 Å². The highest BCUT2D eigenvalue weighted by molar-refractivity contribution is 5.67. The summed E-state index contributed by atoms with van der Waals surface area (Å²) in [7, 11) is 0. The molecule has 0 spiro atoms. The number of aromatic nitrogens is 4. The lowest BCUT2D eigenvalue weighted by molar-refractivity contribution is 0.246. The molecule has 1 heterocycles. The molecular formula is C15H22N6. The molecule has 2 atom stereocenters. The summed E-state index contributed by atoms with van der Waals surface area (Å²) in [5, 5.41) is 12.3. The van der Waals surface area contributed by atoms with Gasteiger partial charge in [0.25, 0.3) is 0 Å². The van der Waals surface area contributed by atoms with Crippen LogP contribution in [0, 0.1) is 5.92 Å². The maximum atomic E-state index is 5.88. The molecule has 0 bridgehead atoms. The van der Waals surface area contributed by atoms with Gasteiger partial charge in [-0.15, -0.1) is 5.10 Å². The maximum Gasteiger partial charge on any atom is 0.182 e. The van der Waals surface area contributed by atoms with E-state index in [0.29, 0.717) is 17.4 Å². The number of anilines is 2. The highest BCUT2D eigenvalue weighted by Gasteiger charge is 2.25. The van der Waals surface area contributed by atoms with Crippen LogP contribution < -0.4 is 11.5 Å². The summed E-state index contributed by atoms with van der Waals surface area (Å²) in [6.07, 6.45) is 6.05. The molecule has 1 aliphatic rings. The van der Waals surface area contributed by atoms with Crippen LogP contribution in [-0.4, -0.2) is 20.2 Å². The van der Waals surface area contributed by atoms with Crippen molar-refractivity contribution >= 4 is 11.4 Å². The standard InChI is InChI=1S/C15H22N6/c1-2-10-4-3-5-14(6-10)21-15(18-19-20-21)11-7-12(16)9-13(17)8-11/h7-10,14H,2-6,16-17H2,1H3. The summed E-state index contributed by atoms with van der Waals surface area (Å²) in [5.74, 6) is 1.53. The fourth-order valence-electron chi connectivity index (χ4n) is 3.29. The minimum absolute atomic E-state index is 0.372. The minimum atomic E-state index is 0.372. The Morgan fingerprint density at radius 3 is 2.67 bits per heavy atom. The van der Waals surface area contributed by atoms with Crippen molar-refractivity contribution in [1.82, 2.24) is 20.2 Å². The van der Waals surface area contributed by atoms with Crippen LogP contribution in [0.3, 0.4) is 0 Å². The first-order valence-electron chi connectivity index (χ1n) is 7.61. The molecule has 112 valence electrons. The molecule has 2 unspecified atom stereocenters. The molecule has 6 heteroatoms. The summed E-state index contributed by atoms with van der Waals surface area (Å²) in [6, 6.07) is 5.86. The van der Waals surface area contributed by atoms with E-state index in [1.54, 1.807) is 6.07 Å². The monoisotopic (exact) mass is 286 g/mol. The lowest BCUT2D eigenvalue weighted by atomic mass is 9.84. The highest BCUT2D eigenvalue weighted by atomic mass is 15.5. The summed E-state index contributed by atoms with van der Waals surface area (Å²) in [5.41, 5.74) is 13.9. The van der Waals surface area contributed by atoms with Crippen molar-refractivity contribution in [2.75, 3.05) is 11.5 Å².